The number of hydrogen-bond acceptors (Lipinski definition) is 2. The molecule has 0 radical (unpaired) electrons. The standard InChI is InChI=1S/C12H19N3O/c16-12-6-11(10-3-4-10)14-15(12)8-9-2-1-5-13-7-9/h6,9-10,13-14H,1-5,7-8H2. The van der Waals surface area contributed by atoms with Crippen LogP contribution in [0.1, 0.15) is 37.3 Å². The monoisotopic (exact) mass is 221 g/mol. The number of rotatable bonds is 3. The van der Waals surface area contributed by atoms with E-state index < -0.39 is 0 Å². The summed E-state index contributed by atoms with van der Waals surface area (Å²) in [6.07, 6.45) is 4.95. The molecular formula is C12H19N3O. The Hall–Kier alpha value is -1.03. The van der Waals surface area contributed by atoms with E-state index in [0.29, 0.717) is 11.8 Å². The summed E-state index contributed by atoms with van der Waals surface area (Å²) in [6, 6.07) is 1.79. The van der Waals surface area contributed by atoms with Crippen molar-refractivity contribution in [3.05, 3.63) is 22.1 Å². The zero-order valence-electron chi connectivity index (χ0n) is 9.54. The van der Waals surface area contributed by atoms with Crippen LogP contribution in [-0.2, 0) is 6.54 Å². The van der Waals surface area contributed by atoms with Crippen molar-refractivity contribution in [3.63, 3.8) is 0 Å². The van der Waals surface area contributed by atoms with Gasteiger partial charge in [-0.1, -0.05) is 0 Å². The highest BCUT2D eigenvalue weighted by Crippen LogP contribution is 2.38. The Labute approximate surface area is 95.0 Å². The van der Waals surface area contributed by atoms with Gasteiger partial charge in [-0.2, -0.15) is 0 Å². The van der Waals surface area contributed by atoms with Gasteiger partial charge in [-0.15, -0.1) is 0 Å². The number of H-pyrrole nitrogens is 1. The van der Waals surface area contributed by atoms with E-state index in [4.69, 9.17) is 0 Å². The van der Waals surface area contributed by atoms with E-state index in [1.54, 1.807) is 10.7 Å². The van der Waals surface area contributed by atoms with Crippen LogP contribution in [-0.4, -0.2) is 22.9 Å². The topological polar surface area (TPSA) is 49.8 Å². The second kappa shape index (κ2) is 4.09. The third kappa shape index (κ3) is 2.07. The van der Waals surface area contributed by atoms with Crippen LogP contribution >= 0.6 is 0 Å². The molecule has 2 aliphatic rings. The van der Waals surface area contributed by atoms with Crippen molar-refractivity contribution in [2.45, 2.75) is 38.1 Å². The van der Waals surface area contributed by atoms with Crippen LogP contribution in [0, 0.1) is 5.92 Å². The van der Waals surface area contributed by atoms with Crippen molar-refractivity contribution >= 4 is 0 Å². The predicted molar refractivity (Wildman–Crippen MR) is 62.6 cm³/mol. The molecule has 0 spiro atoms. The average molecular weight is 221 g/mol. The Balaban J connectivity index is 1.70. The van der Waals surface area contributed by atoms with Gasteiger partial charge in [0, 0.05) is 24.2 Å². The number of nitrogens with one attached hydrogen (secondary N) is 2. The van der Waals surface area contributed by atoms with Crippen LogP contribution in [0.25, 0.3) is 0 Å². The predicted octanol–water partition coefficient (Wildman–Crippen LogP) is 1.05. The maximum Gasteiger partial charge on any atom is 0.266 e. The highest BCUT2D eigenvalue weighted by molar-refractivity contribution is 5.12. The lowest BCUT2D eigenvalue weighted by Gasteiger charge is -2.22. The average Bonchev–Trinajstić information content (AvgIpc) is 3.07. The Morgan fingerprint density at radius 2 is 2.25 bits per heavy atom. The summed E-state index contributed by atoms with van der Waals surface area (Å²) in [5, 5.41) is 6.65. The first-order valence-electron chi connectivity index (χ1n) is 6.33. The minimum atomic E-state index is 0.146. The third-order valence-electron chi connectivity index (χ3n) is 3.67. The molecule has 0 bridgehead atoms. The molecule has 88 valence electrons. The fourth-order valence-corrected chi connectivity index (χ4v) is 2.53. The number of aromatic amines is 1. The number of piperidine rings is 1. The molecule has 2 N–H and O–H groups in total. The summed E-state index contributed by atoms with van der Waals surface area (Å²) in [6.45, 7) is 3.02. The van der Waals surface area contributed by atoms with E-state index in [9.17, 15) is 4.79 Å². The summed E-state index contributed by atoms with van der Waals surface area (Å²) >= 11 is 0. The van der Waals surface area contributed by atoms with Crippen LogP contribution in [0.2, 0.25) is 0 Å². The first kappa shape index (κ1) is 10.1. The largest absolute Gasteiger partial charge is 0.316 e. The zero-order chi connectivity index (χ0) is 11.0. The van der Waals surface area contributed by atoms with E-state index in [0.717, 1.165) is 25.3 Å². The molecule has 3 rings (SSSR count). The first-order valence-corrected chi connectivity index (χ1v) is 6.33. The normalized spacial score (nSPS) is 25.9. The highest BCUT2D eigenvalue weighted by Gasteiger charge is 2.26. The summed E-state index contributed by atoms with van der Waals surface area (Å²) in [5.74, 6) is 1.25. The molecule has 1 aromatic heterocycles. The summed E-state index contributed by atoms with van der Waals surface area (Å²) in [4.78, 5) is 11.8. The number of aromatic nitrogens is 2. The number of hydrogen-bond donors (Lipinski definition) is 2. The number of nitrogens with zero attached hydrogens (tertiary/aromatic N) is 1. The van der Waals surface area contributed by atoms with Crippen molar-refractivity contribution in [1.82, 2.24) is 15.1 Å². The van der Waals surface area contributed by atoms with Gasteiger partial charge in [0.25, 0.3) is 5.56 Å². The lowest BCUT2D eigenvalue weighted by molar-refractivity contribution is 0.321. The molecule has 4 nitrogen and oxygen atoms in total. The zero-order valence-corrected chi connectivity index (χ0v) is 9.54. The van der Waals surface area contributed by atoms with Gasteiger partial charge in [-0.05, 0) is 44.7 Å². The van der Waals surface area contributed by atoms with Gasteiger partial charge in [-0.25, -0.2) is 0 Å². The van der Waals surface area contributed by atoms with Crippen molar-refractivity contribution < 1.29 is 0 Å². The molecule has 0 aromatic carbocycles. The second-order valence-corrected chi connectivity index (χ2v) is 5.15. The molecule has 1 saturated carbocycles. The van der Waals surface area contributed by atoms with Gasteiger partial charge in [0.2, 0.25) is 0 Å². The molecule has 0 amide bonds. The van der Waals surface area contributed by atoms with E-state index in [-0.39, 0.29) is 5.56 Å². The summed E-state index contributed by atoms with van der Waals surface area (Å²) in [5.41, 5.74) is 1.29. The summed E-state index contributed by atoms with van der Waals surface area (Å²) < 4.78 is 1.80. The van der Waals surface area contributed by atoms with Crippen LogP contribution in [0.3, 0.4) is 0 Å². The molecule has 4 heteroatoms. The molecule has 2 fully saturated rings. The van der Waals surface area contributed by atoms with Gasteiger partial charge < -0.3 is 5.32 Å². The minimum Gasteiger partial charge on any atom is -0.316 e. The third-order valence-corrected chi connectivity index (χ3v) is 3.67. The minimum absolute atomic E-state index is 0.146. The molecule has 1 atom stereocenters. The maximum absolute atomic E-state index is 11.8. The van der Waals surface area contributed by atoms with E-state index in [2.05, 4.69) is 10.4 Å². The Morgan fingerprint density at radius 1 is 1.38 bits per heavy atom. The van der Waals surface area contributed by atoms with Gasteiger partial charge in [0.05, 0.1) is 0 Å². The first-order chi connectivity index (χ1) is 7.83. The van der Waals surface area contributed by atoms with Crippen molar-refractivity contribution in [1.29, 1.82) is 0 Å². The van der Waals surface area contributed by atoms with Gasteiger partial charge in [0.1, 0.15) is 0 Å². The van der Waals surface area contributed by atoms with Crippen molar-refractivity contribution in [3.8, 4) is 0 Å². The molecule has 2 heterocycles. The SMILES string of the molecule is O=c1cc(C2CC2)[nH]n1CC1CCCNC1. The highest BCUT2D eigenvalue weighted by atomic mass is 16.1. The van der Waals surface area contributed by atoms with E-state index in [1.165, 1.54) is 25.7 Å². The second-order valence-electron chi connectivity index (χ2n) is 5.15. The molecule has 16 heavy (non-hydrogen) atoms. The van der Waals surface area contributed by atoms with Gasteiger partial charge in [0.15, 0.2) is 0 Å². The molecule has 1 aliphatic carbocycles. The fourth-order valence-electron chi connectivity index (χ4n) is 2.53. The Kier molecular flexibility index (Phi) is 2.59. The fraction of sp³-hybridized carbons (Fsp3) is 0.750. The van der Waals surface area contributed by atoms with Crippen LogP contribution < -0.4 is 10.9 Å². The van der Waals surface area contributed by atoms with Crippen LogP contribution in [0.4, 0.5) is 0 Å². The molecule has 1 saturated heterocycles. The lowest BCUT2D eigenvalue weighted by Crippen LogP contribution is -2.34. The van der Waals surface area contributed by atoms with Crippen LogP contribution in [0.15, 0.2) is 10.9 Å². The molecular weight excluding hydrogens is 202 g/mol. The summed E-state index contributed by atoms with van der Waals surface area (Å²) in [7, 11) is 0. The van der Waals surface area contributed by atoms with Crippen molar-refractivity contribution in [2.75, 3.05) is 13.1 Å². The molecule has 1 aliphatic heterocycles. The quantitative estimate of drug-likeness (QED) is 0.801. The Bertz CT molecular complexity index is 410. The van der Waals surface area contributed by atoms with Gasteiger partial charge in [-0.3, -0.25) is 14.6 Å². The molecule has 1 aromatic rings. The Morgan fingerprint density at radius 3 is 2.94 bits per heavy atom. The lowest BCUT2D eigenvalue weighted by atomic mass is 10.00. The van der Waals surface area contributed by atoms with E-state index >= 15 is 0 Å². The van der Waals surface area contributed by atoms with E-state index in [1.807, 2.05) is 0 Å². The van der Waals surface area contributed by atoms with Crippen LogP contribution in [0.5, 0.6) is 0 Å². The maximum atomic E-state index is 11.8. The molecule has 1 unspecified atom stereocenters. The van der Waals surface area contributed by atoms with Crippen molar-refractivity contribution in [2.24, 2.45) is 5.92 Å². The smallest absolute Gasteiger partial charge is 0.266 e. The van der Waals surface area contributed by atoms with Gasteiger partial charge >= 0.3 is 0 Å².